The molecule has 2 amide bonds. The Bertz CT molecular complexity index is 1160. The van der Waals surface area contributed by atoms with Gasteiger partial charge in [0.15, 0.2) is 6.10 Å². The van der Waals surface area contributed by atoms with Crippen LogP contribution in [-0.4, -0.2) is 50.3 Å². The summed E-state index contributed by atoms with van der Waals surface area (Å²) in [6.45, 7) is 4.79. The molecule has 2 aliphatic heterocycles. The molecule has 1 saturated heterocycles. The van der Waals surface area contributed by atoms with Crippen LogP contribution in [0.1, 0.15) is 33.1 Å². The molecule has 2 aromatic carbocycles. The standard InChI is InChI=1S/C24H29N3O6S/c1-3-21-24(29)26-20-15-19(9-10-22(20)33-21)34(30,31)27-13-11-16(12-14-27)23(28)25-17-5-7-18(8-6-17)32-4-2/h5-10,15-16,21H,3-4,11-14H2,1-2H3,(H,25,28)(H,26,29)/t21-/m0/s1. The number of piperidine rings is 1. The maximum atomic E-state index is 13.2. The van der Waals surface area contributed by atoms with Crippen LogP contribution >= 0.6 is 0 Å². The normalized spacial score (nSPS) is 19.0. The van der Waals surface area contributed by atoms with Crippen molar-refractivity contribution in [2.75, 3.05) is 30.3 Å². The lowest BCUT2D eigenvalue weighted by atomic mass is 9.97. The number of fused-ring (bicyclic) bond motifs is 1. The van der Waals surface area contributed by atoms with Crippen LogP contribution in [0.3, 0.4) is 0 Å². The zero-order valence-corrected chi connectivity index (χ0v) is 20.1. The van der Waals surface area contributed by atoms with Crippen molar-refractivity contribution in [2.45, 2.75) is 44.1 Å². The number of rotatable bonds is 7. The second kappa shape index (κ2) is 10.0. The number of carbonyl (C=O) groups is 2. The van der Waals surface area contributed by atoms with Gasteiger partial charge in [0.1, 0.15) is 11.5 Å². The molecule has 10 heteroatoms. The monoisotopic (exact) mass is 487 g/mol. The van der Waals surface area contributed by atoms with E-state index < -0.39 is 16.1 Å². The largest absolute Gasteiger partial charge is 0.494 e. The summed E-state index contributed by atoms with van der Waals surface area (Å²) in [5.74, 6) is 0.497. The fraction of sp³-hybridized carbons (Fsp3) is 0.417. The Kier molecular flexibility index (Phi) is 7.08. The Morgan fingerprint density at radius 2 is 1.85 bits per heavy atom. The first-order valence-corrected chi connectivity index (χ1v) is 12.9. The van der Waals surface area contributed by atoms with E-state index in [0.29, 0.717) is 43.0 Å². The van der Waals surface area contributed by atoms with Gasteiger partial charge in [-0.3, -0.25) is 9.59 Å². The molecule has 0 radical (unpaired) electrons. The molecule has 0 unspecified atom stereocenters. The van der Waals surface area contributed by atoms with E-state index in [2.05, 4.69) is 10.6 Å². The molecule has 0 aromatic heterocycles. The number of sulfonamides is 1. The fourth-order valence-electron chi connectivity index (χ4n) is 4.11. The number of amides is 2. The van der Waals surface area contributed by atoms with Crippen LogP contribution in [0.2, 0.25) is 0 Å². The summed E-state index contributed by atoms with van der Waals surface area (Å²) in [6.07, 6.45) is 0.783. The number of hydrogen-bond acceptors (Lipinski definition) is 6. The van der Waals surface area contributed by atoms with Gasteiger partial charge in [-0.25, -0.2) is 8.42 Å². The first-order valence-electron chi connectivity index (χ1n) is 11.5. The van der Waals surface area contributed by atoms with E-state index in [4.69, 9.17) is 9.47 Å². The summed E-state index contributed by atoms with van der Waals surface area (Å²) >= 11 is 0. The molecule has 0 saturated carbocycles. The van der Waals surface area contributed by atoms with Gasteiger partial charge < -0.3 is 20.1 Å². The van der Waals surface area contributed by atoms with Crippen molar-refractivity contribution < 1.29 is 27.5 Å². The van der Waals surface area contributed by atoms with Crippen LogP contribution in [-0.2, 0) is 19.6 Å². The third-order valence-corrected chi connectivity index (χ3v) is 7.93. The van der Waals surface area contributed by atoms with Crippen molar-refractivity contribution in [1.82, 2.24) is 4.31 Å². The van der Waals surface area contributed by atoms with E-state index in [0.717, 1.165) is 5.75 Å². The molecular formula is C24H29N3O6S. The molecule has 9 nitrogen and oxygen atoms in total. The van der Waals surface area contributed by atoms with Gasteiger partial charge in [0, 0.05) is 24.7 Å². The molecule has 0 aliphatic carbocycles. The highest BCUT2D eigenvalue weighted by atomic mass is 32.2. The van der Waals surface area contributed by atoms with Gasteiger partial charge in [-0.1, -0.05) is 6.92 Å². The Labute approximate surface area is 199 Å². The fourth-order valence-corrected chi connectivity index (χ4v) is 5.61. The van der Waals surface area contributed by atoms with E-state index >= 15 is 0 Å². The maximum Gasteiger partial charge on any atom is 0.265 e. The smallest absolute Gasteiger partial charge is 0.265 e. The lowest BCUT2D eigenvalue weighted by molar-refractivity contribution is -0.123. The molecule has 1 fully saturated rings. The molecule has 2 aliphatic rings. The molecule has 1 atom stereocenters. The van der Waals surface area contributed by atoms with Crippen molar-refractivity contribution in [3.8, 4) is 11.5 Å². The summed E-state index contributed by atoms with van der Waals surface area (Å²) in [6, 6.07) is 11.6. The summed E-state index contributed by atoms with van der Waals surface area (Å²) in [4.78, 5) is 24.9. The minimum atomic E-state index is -3.77. The summed E-state index contributed by atoms with van der Waals surface area (Å²) < 4.78 is 38.8. The van der Waals surface area contributed by atoms with E-state index in [1.807, 2.05) is 13.8 Å². The minimum absolute atomic E-state index is 0.0855. The van der Waals surface area contributed by atoms with Gasteiger partial charge in [0.25, 0.3) is 5.91 Å². The number of nitrogens with one attached hydrogen (secondary N) is 2. The highest BCUT2D eigenvalue weighted by molar-refractivity contribution is 7.89. The van der Waals surface area contributed by atoms with Crippen molar-refractivity contribution in [1.29, 1.82) is 0 Å². The SMILES string of the molecule is CCOc1ccc(NC(=O)C2CCN(S(=O)(=O)c3ccc4c(c3)NC(=O)[C@H](CC)O4)CC2)cc1. The second-order valence-corrected chi connectivity index (χ2v) is 10.2. The third-order valence-electron chi connectivity index (χ3n) is 6.04. The maximum absolute atomic E-state index is 13.2. The van der Waals surface area contributed by atoms with E-state index in [1.54, 1.807) is 30.3 Å². The van der Waals surface area contributed by atoms with Crippen molar-refractivity contribution in [3.63, 3.8) is 0 Å². The molecule has 182 valence electrons. The number of hydrogen-bond donors (Lipinski definition) is 2. The van der Waals surface area contributed by atoms with Crippen LogP contribution in [0.25, 0.3) is 0 Å². The van der Waals surface area contributed by atoms with Crippen molar-refractivity contribution in [2.24, 2.45) is 5.92 Å². The average Bonchev–Trinajstić information content (AvgIpc) is 2.84. The van der Waals surface area contributed by atoms with Gasteiger partial charge in [-0.05, 0) is 68.7 Å². The second-order valence-electron chi connectivity index (χ2n) is 8.29. The third kappa shape index (κ3) is 5.02. The summed E-state index contributed by atoms with van der Waals surface area (Å²) in [5, 5.41) is 5.62. The molecule has 0 spiro atoms. The van der Waals surface area contributed by atoms with Crippen molar-refractivity contribution in [3.05, 3.63) is 42.5 Å². The summed E-state index contributed by atoms with van der Waals surface area (Å²) in [5.41, 5.74) is 1.02. The van der Waals surface area contributed by atoms with E-state index in [-0.39, 0.29) is 35.7 Å². The zero-order chi connectivity index (χ0) is 24.3. The lowest BCUT2D eigenvalue weighted by Crippen LogP contribution is -2.41. The Hall–Kier alpha value is -3.11. The number of carbonyl (C=O) groups excluding carboxylic acids is 2. The van der Waals surface area contributed by atoms with Gasteiger partial charge >= 0.3 is 0 Å². The highest BCUT2D eigenvalue weighted by Gasteiger charge is 2.33. The van der Waals surface area contributed by atoms with Crippen LogP contribution in [0.15, 0.2) is 47.4 Å². The van der Waals surface area contributed by atoms with E-state index in [1.165, 1.54) is 16.4 Å². The number of nitrogens with zero attached hydrogens (tertiary/aromatic N) is 1. The molecule has 4 rings (SSSR count). The molecule has 34 heavy (non-hydrogen) atoms. The van der Waals surface area contributed by atoms with E-state index in [9.17, 15) is 18.0 Å². The van der Waals surface area contributed by atoms with Gasteiger partial charge in [0.05, 0.1) is 17.2 Å². The zero-order valence-electron chi connectivity index (χ0n) is 19.2. The Morgan fingerprint density at radius 3 is 2.50 bits per heavy atom. The number of ether oxygens (including phenoxy) is 2. The van der Waals surface area contributed by atoms with Crippen LogP contribution in [0, 0.1) is 5.92 Å². The molecule has 2 N–H and O–H groups in total. The number of anilines is 2. The first kappa shape index (κ1) is 24.0. The molecular weight excluding hydrogens is 458 g/mol. The lowest BCUT2D eigenvalue weighted by Gasteiger charge is -2.31. The van der Waals surface area contributed by atoms with Crippen LogP contribution in [0.5, 0.6) is 11.5 Å². The van der Waals surface area contributed by atoms with Gasteiger partial charge in [-0.2, -0.15) is 4.31 Å². The average molecular weight is 488 g/mol. The van der Waals surface area contributed by atoms with Gasteiger partial charge in [0.2, 0.25) is 15.9 Å². The highest BCUT2D eigenvalue weighted by Crippen LogP contribution is 2.34. The quantitative estimate of drug-likeness (QED) is 0.620. The van der Waals surface area contributed by atoms with Crippen molar-refractivity contribution >= 4 is 33.2 Å². The predicted molar refractivity (Wildman–Crippen MR) is 128 cm³/mol. The Morgan fingerprint density at radius 1 is 1.15 bits per heavy atom. The predicted octanol–water partition coefficient (Wildman–Crippen LogP) is 3.23. The molecule has 2 heterocycles. The summed E-state index contributed by atoms with van der Waals surface area (Å²) in [7, 11) is -3.77. The topological polar surface area (TPSA) is 114 Å². The molecule has 0 bridgehead atoms. The van der Waals surface area contributed by atoms with Gasteiger partial charge in [-0.15, -0.1) is 0 Å². The Balaban J connectivity index is 1.37. The van der Waals surface area contributed by atoms with Crippen LogP contribution in [0.4, 0.5) is 11.4 Å². The minimum Gasteiger partial charge on any atom is -0.494 e. The molecule has 2 aromatic rings. The van der Waals surface area contributed by atoms with Crippen LogP contribution < -0.4 is 20.1 Å². The first-order chi connectivity index (χ1) is 16.3. The number of benzene rings is 2.